The Morgan fingerprint density at radius 2 is 1.66 bits per heavy atom. The van der Waals surface area contributed by atoms with Gasteiger partial charge in [0.05, 0.1) is 12.7 Å². The number of hydrogen-bond acceptors (Lipinski definition) is 7. The molecule has 1 fully saturated rings. The maximum absolute atomic E-state index is 11.5. The molecule has 186 valence electrons. The van der Waals surface area contributed by atoms with Crippen LogP contribution in [-0.2, 0) is 13.6 Å². The van der Waals surface area contributed by atoms with Gasteiger partial charge in [0, 0.05) is 7.05 Å². The van der Waals surface area contributed by atoms with Gasteiger partial charge in [0.15, 0.2) is 21.8 Å². The van der Waals surface area contributed by atoms with Crippen LogP contribution in [0.5, 0.6) is 0 Å². The minimum absolute atomic E-state index is 0.0365. The van der Waals surface area contributed by atoms with E-state index >= 15 is 0 Å². The molecule has 32 heavy (non-hydrogen) atoms. The van der Waals surface area contributed by atoms with Crippen molar-refractivity contribution < 1.29 is 28.6 Å². The highest BCUT2D eigenvalue weighted by molar-refractivity contribution is 8.14. The second kappa shape index (κ2) is 9.31. The Morgan fingerprint density at radius 1 is 1.12 bits per heavy atom. The molecule has 0 spiro atoms. The monoisotopic (exact) mass is 506 g/mol. The first-order valence-electron chi connectivity index (χ1n) is 11.1. The topological polar surface area (TPSA) is 101 Å². The van der Waals surface area contributed by atoms with Gasteiger partial charge in [0.25, 0.3) is 0 Å². The van der Waals surface area contributed by atoms with Gasteiger partial charge in [-0.1, -0.05) is 53.3 Å². The van der Waals surface area contributed by atoms with Crippen molar-refractivity contribution in [1.29, 1.82) is 0 Å². The van der Waals surface area contributed by atoms with Gasteiger partial charge in [-0.3, -0.25) is 9.89 Å². The minimum atomic E-state index is -2.24. The average molecular weight is 507 g/mol. The average Bonchev–Trinajstić information content (AvgIpc) is 3.03. The van der Waals surface area contributed by atoms with Crippen LogP contribution < -0.4 is 0 Å². The first kappa shape index (κ1) is 27.8. The van der Waals surface area contributed by atoms with Crippen molar-refractivity contribution in [2.24, 2.45) is 4.99 Å². The maximum Gasteiger partial charge on any atom is 0.413 e. The molecule has 1 amide bonds. The maximum atomic E-state index is 11.5. The van der Waals surface area contributed by atoms with Crippen molar-refractivity contribution in [3.63, 3.8) is 0 Å². The van der Waals surface area contributed by atoms with E-state index < -0.39 is 52.5 Å². The van der Waals surface area contributed by atoms with Crippen LogP contribution in [0.2, 0.25) is 36.3 Å². The van der Waals surface area contributed by atoms with Crippen LogP contribution >= 0.6 is 11.8 Å². The number of amidine groups is 1. The molecule has 0 aromatic rings. The Kier molecular flexibility index (Phi) is 8.09. The summed E-state index contributed by atoms with van der Waals surface area (Å²) in [5.41, 5.74) is -0.432. The number of aliphatic hydroxyl groups excluding tert-OH is 1. The van der Waals surface area contributed by atoms with Crippen LogP contribution in [0.1, 0.15) is 41.5 Å². The zero-order valence-electron chi connectivity index (χ0n) is 21.4. The van der Waals surface area contributed by atoms with Crippen molar-refractivity contribution >= 4 is 39.7 Å². The van der Waals surface area contributed by atoms with Gasteiger partial charge in [-0.2, -0.15) is 0 Å². The normalized spacial score (nSPS) is 29.5. The van der Waals surface area contributed by atoms with Crippen LogP contribution in [0, 0.1) is 0 Å². The van der Waals surface area contributed by atoms with E-state index in [0.29, 0.717) is 5.17 Å². The van der Waals surface area contributed by atoms with Gasteiger partial charge in [0.2, 0.25) is 0 Å². The van der Waals surface area contributed by atoms with Gasteiger partial charge >= 0.3 is 6.09 Å². The Labute approximate surface area is 199 Å². The fourth-order valence-corrected chi connectivity index (χ4v) is 6.45. The van der Waals surface area contributed by atoms with E-state index in [0.717, 1.165) is 4.90 Å². The summed E-state index contributed by atoms with van der Waals surface area (Å²) in [6.45, 7) is 21.8. The highest BCUT2D eigenvalue weighted by atomic mass is 32.2. The lowest BCUT2D eigenvalue weighted by molar-refractivity contribution is -0.158. The molecule has 0 unspecified atom stereocenters. The number of ether oxygens (including phenoxy) is 1. The zero-order chi connectivity index (χ0) is 24.9. The third-order valence-electron chi connectivity index (χ3n) is 7.35. The van der Waals surface area contributed by atoms with Gasteiger partial charge < -0.3 is 23.8 Å². The molecule has 1 saturated heterocycles. The van der Waals surface area contributed by atoms with Crippen molar-refractivity contribution in [3.05, 3.63) is 0 Å². The van der Waals surface area contributed by atoms with E-state index in [9.17, 15) is 15.0 Å². The number of rotatable bonds is 5. The van der Waals surface area contributed by atoms with Crippen LogP contribution in [0.15, 0.2) is 4.99 Å². The summed E-state index contributed by atoms with van der Waals surface area (Å²) in [6, 6.07) is -0.481. The number of aliphatic imine (C=N–C) groups is 1. The summed E-state index contributed by atoms with van der Waals surface area (Å²) in [5, 5.41) is 21.1. The standard InChI is InChI=1S/C21H42N2O6SSi2/c1-20(2,3)31(8,9)27-12-13-15(24)16(29-32(10,11)21(4,5)6)14-17(28-13)30-18(22-14)23(7)19(25)26/h13-17,24H,12H2,1-11H3,(H,25,26)/t13-,14-,15-,16-,17-/m1/s1. The van der Waals surface area contributed by atoms with Crippen LogP contribution in [-0.4, -0.2) is 86.5 Å². The molecular weight excluding hydrogens is 464 g/mol. The first-order chi connectivity index (χ1) is 14.3. The van der Waals surface area contributed by atoms with Gasteiger partial charge in [-0.25, -0.2) is 4.79 Å². The molecule has 0 aromatic heterocycles. The van der Waals surface area contributed by atoms with E-state index in [2.05, 4.69) is 72.7 Å². The van der Waals surface area contributed by atoms with Gasteiger partial charge in [0.1, 0.15) is 23.7 Å². The number of carboxylic acid groups (broad SMARTS) is 1. The van der Waals surface area contributed by atoms with Crippen LogP contribution in [0.3, 0.4) is 0 Å². The number of thioether (sulfide) groups is 1. The number of amides is 1. The molecule has 2 N–H and O–H groups in total. The molecule has 0 saturated carbocycles. The molecule has 0 aromatic carbocycles. The lowest BCUT2D eigenvalue weighted by Gasteiger charge is -2.47. The Hall–Kier alpha value is -0.436. The molecule has 11 heteroatoms. The lowest BCUT2D eigenvalue weighted by atomic mass is 9.99. The third-order valence-corrected chi connectivity index (χ3v) is 17.5. The highest BCUT2D eigenvalue weighted by Gasteiger charge is 2.53. The van der Waals surface area contributed by atoms with Crippen LogP contribution in [0.4, 0.5) is 4.79 Å². The predicted octanol–water partition coefficient (Wildman–Crippen LogP) is 4.57. The third kappa shape index (κ3) is 5.79. The summed E-state index contributed by atoms with van der Waals surface area (Å²) in [5.74, 6) is 0. The van der Waals surface area contributed by atoms with Gasteiger partial charge in [-0.15, -0.1) is 0 Å². The summed E-state index contributed by atoms with van der Waals surface area (Å²) in [6.07, 6.45) is -3.17. The number of fused-ring (bicyclic) bond motifs is 1. The number of hydrogen-bond donors (Lipinski definition) is 2. The van der Waals surface area contributed by atoms with E-state index in [4.69, 9.17) is 13.6 Å². The van der Waals surface area contributed by atoms with E-state index in [1.807, 2.05) is 0 Å². The van der Waals surface area contributed by atoms with Crippen molar-refractivity contribution in [2.45, 2.75) is 108 Å². The van der Waals surface area contributed by atoms with E-state index in [1.165, 1.54) is 18.8 Å². The van der Waals surface area contributed by atoms with Crippen LogP contribution in [0.25, 0.3) is 0 Å². The molecular formula is C21H42N2O6SSi2. The summed E-state index contributed by atoms with van der Waals surface area (Å²) >= 11 is 1.27. The van der Waals surface area contributed by atoms with Crippen molar-refractivity contribution in [1.82, 2.24) is 4.90 Å². The number of aliphatic hydroxyl groups is 1. The molecule has 2 heterocycles. The van der Waals surface area contributed by atoms with Gasteiger partial charge in [-0.05, 0) is 36.3 Å². The molecule has 2 rings (SSSR count). The Morgan fingerprint density at radius 3 is 2.12 bits per heavy atom. The zero-order valence-corrected chi connectivity index (χ0v) is 24.2. The number of carbonyl (C=O) groups is 1. The molecule has 5 atom stereocenters. The largest absolute Gasteiger partial charge is 0.465 e. The molecule has 2 aliphatic heterocycles. The fourth-order valence-electron chi connectivity index (χ4n) is 2.94. The highest BCUT2D eigenvalue weighted by Crippen LogP contribution is 2.44. The van der Waals surface area contributed by atoms with Crippen molar-refractivity contribution in [2.75, 3.05) is 13.7 Å². The molecule has 0 radical (unpaired) electrons. The quantitative estimate of drug-likeness (QED) is 0.527. The number of nitrogens with zero attached hydrogens (tertiary/aromatic N) is 2. The van der Waals surface area contributed by atoms with E-state index in [-0.39, 0.29) is 16.7 Å². The summed E-state index contributed by atoms with van der Waals surface area (Å²) in [7, 11) is -2.82. The summed E-state index contributed by atoms with van der Waals surface area (Å²) < 4.78 is 19.3. The molecule has 0 aliphatic carbocycles. The van der Waals surface area contributed by atoms with Crippen molar-refractivity contribution in [3.8, 4) is 0 Å². The molecule has 8 nitrogen and oxygen atoms in total. The predicted molar refractivity (Wildman–Crippen MR) is 134 cm³/mol. The second-order valence-electron chi connectivity index (χ2n) is 11.8. The second-order valence-corrected chi connectivity index (χ2v) is 22.4. The fraction of sp³-hybridized carbons (Fsp3) is 0.905. The Bertz CT molecular complexity index is 735. The smallest absolute Gasteiger partial charge is 0.413 e. The molecule has 2 aliphatic rings. The molecule has 0 bridgehead atoms. The SMILES string of the molecule is CN(C(=O)O)C1=N[C@@H]2[C@@H](O[Si](C)(C)C(C)(C)C)[C@H](O)[C@@H](CO[Si](C)(C)C(C)(C)C)O[C@@H]2S1. The Balaban J connectivity index is 2.32. The van der Waals surface area contributed by atoms with E-state index in [1.54, 1.807) is 0 Å². The first-order valence-corrected chi connectivity index (χ1v) is 17.8. The lowest BCUT2D eigenvalue weighted by Crippen LogP contribution is -2.61. The summed E-state index contributed by atoms with van der Waals surface area (Å²) in [4.78, 5) is 17.2. The minimum Gasteiger partial charge on any atom is -0.465 e.